The Kier molecular flexibility index (Phi) is 9.76. The third kappa shape index (κ3) is 9.26. The zero-order valence-corrected chi connectivity index (χ0v) is 14.2. The molecule has 0 aliphatic carbocycles. The summed E-state index contributed by atoms with van der Waals surface area (Å²) < 4.78 is 5.53. The number of ether oxygens (including phenoxy) is 1. The number of rotatable bonds is 10. The monoisotopic (exact) mass is 302 g/mol. The number of carbonyl (C=O) groups is 1. The van der Waals surface area contributed by atoms with Crippen molar-refractivity contribution < 1.29 is 9.53 Å². The van der Waals surface area contributed by atoms with E-state index < -0.39 is 0 Å². The van der Waals surface area contributed by atoms with Crippen LogP contribution in [0.3, 0.4) is 0 Å². The lowest BCUT2D eigenvalue weighted by atomic mass is 9.94. The average Bonchev–Trinajstić information content (AvgIpc) is 2.35. The number of nitrogens with two attached hydrogens (primary N) is 1. The summed E-state index contributed by atoms with van der Waals surface area (Å²) in [5.41, 5.74) is 5.15. The highest BCUT2D eigenvalue weighted by Crippen LogP contribution is 2.17. The highest BCUT2D eigenvalue weighted by molar-refractivity contribution is 7.80. The van der Waals surface area contributed by atoms with Crippen LogP contribution in [0.4, 0.5) is 0 Å². The van der Waals surface area contributed by atoms with Gasteiger partial charge < -0.3 is 15.4 Å². The van der Waals surface area contributed by atoms with Gasteiger partial charge in [0.1, 0.15) is 0 Å². The zero-order chi connectivity index (χ0) is 15.6. The van der Waals surface area contributed by atoms with Crippen molar-refractivity contribution in [2.75, 3.05) is 26.3 Å². The second-order valence-electron chi connectivity index (χ2n) is 6.08. The van der Waals surface area contributed by atoms with Crippen LogP contribution < -0.4 is 5.73 Å². The van der Waals surface area contributed by atoms with Crippen molar-refractivity contribution in [1.82, 2.24) is 4.90 Å². The Labute approximate surface area is 129 Å². The van der Waals surface area contributed by atoms with Gasteiger partial charge in [-0.05, 0) is 12.8 Å². The molecular weight excluding hydrogens is 272 g/mol. The molecule has 20 heavy (non-hydrogen) atoms. The van der Waals surface area contributed by atoms with Crippen molar-refractivity contribution in [2.45, 2.75) is 53.4 Å². The number of carbonyl (C=O) groups excluding carboxylic acids is 1. The van der Waals surface area contributed by atoms with Crippen LogP contribution in [-0.2, 0) is 9.53 Å². The molecule has 2 N–H and O–H groups in total. The van der Waals surface area contributed by atoms with E-state index >= 15 is 0 Å². The van der Waals surface area contributed by atoms with Gasteiger partial charge in [-0.3, -0.25) is 4.79 Å². The quantitative estimate of drug-likeness (QED) is 0.498. The molecule has 0 aromatic rings. The molecule has 0 unspecified atom stereocenters. The van der Waals surface area contributed by atoms with Crippen LogP contribution >= 0.6 is 12.2 Å². The Balaban J connectivity index is 4.18. The van der Waals surface area contributed by atoms with E-state index in [0.717, 1.165) is 25.9 Å². The molecule has 0 saturated carbocycles. The van der Waals surface area contributed by atoms with E-state index in [4.69, 9.17) is 22.7 Å². The van der Waals surface area contributed by atoms with E-state index in [1.54, 1.807) is 0 Å². The first-order valence-electron chi connectivity index (χ1n) is 7.44. The van der Waals surface area contributed by atoms with Crippen molar-refractivity contribution in [2.24, 2.45) is 11.1 Å². The highest BCUT2D eigenvalue weighted by Gasteiger charge is 2.26. The van der Waals surface area contributed by atoms with E-state index in [1.807, 2.05) is 25.7 Å². The Bertz CT molecular complexity index is 301. The maximum Gasteiger partial charge on any atom is 0.227 e. The molecule has 0 aliphatic heterocycles. The van der Waals surface area contributed by atoms with E-state index in [1.165, 1.54) is 0 Å². The summed E-state index contributed by atoms with van der Waals surface area (Å²) in [6, 6.07) is 0. The molecule has 0 fully saturated rings. The zero-order valence-electron chi connectivity index (χ0n) is 13.4. The summed E-state index contributed by atoms with van der Waals surface area (Å²) in [4.78, 5) is 14.6. The number of unbranched alkanes of at least 4 members (excludes halogenated alkanes) is 1. The summed E-state index contributed by atoms with van der Waals surface area (Å²) in [5.74, 6) is 0.141. The van der Waals surface area contributed by atoms with Gasteiger partial charge in [0, 0.05) is 38.1 Å². The van der Waals surface area contributed by atoms with Crippen molar-refractivity contribution >= 4 is 23.1 Å². The second-order valence-corrected chi connectivity index (χ2v) is 6.60. The third-order valence-electron chi connectivity index (χ3n) is 2.92. The van der Waals surface area contributed by atoms with Crippen LogP contribution in [0, 0.1) is 5.41 Å². The fourth-order valence-corrected chi connectivity index (χ4v) is 1.83. The Hall–Kier alpha value is -0.680. The first-order chi connectivity index (χ1) is 9.29. The summed E-state index contributed by atoms with van der Waals surface area (Å²) in [6.45, 7) is 10.7. The van der Waals surface area contributed by atoms with E-state index in [2.05, 4.69) is 6.92 Å². The van der Waals surface area contributed by atoms with Crippen LogP contribution in [-0.4, -0.2) is 42.1 Å². The van der Waals surface area contributed by atoms with Crippen molar-refractivity contribution in [3.8, 4) is 0 Å². The molecule has 0 bridgehead atoms. The summed E-state index contributed by atoms with van der Waals surface area (Å²) in [7, 11) is 0. The number of hydrogen-bond donors (Lipinski definition) is 1. The maximum atomic E-state index is 12.3. The van der Waals surface area contributed by atoms with Crippen LogP contribution in [0.15, 0.2) is 0 Å². The smallest absolute Gasteiger partial charge is 0.227 e. The van der Waals surface area contributed by atoms with Gasteiger partial charge in [0.2, 0.25) is 5.91 Å². The molecule has 0 aromatic carbocycles. The summed E-state index contributed by atoms with van der Waals surface area (Å²) >= 11 is 4.89. The first kappa shape index (κ1) is 19.3. The molecule has 0 heterocycles. The topological polar surface area (TPSA) is 55.6 Å². The normalized spacial score (nSPS) is 11.4. The van der Waals surface area contributed by atoms with Crippen molar-refractivity contribution in [3.05, 3.63) is 0 Å². The molecule has 5 heteroatoms. The third-order valence-corrected chi connectivity index (χ3v) is 3.12. The fraction of sp³-hybridized carbons (Fsp3) is 0.867. The average molecular weight is 302 g/mol. The molecule has 0 atom stereocenters. The summed E-state index contributed by atoms with van der Waals surface area (Å²) in [5, 5.41) is 0. The highest BCUT2D eigenvalue weighted by atomic mass is 32.1. The van der Waals surface area contributed by atoms with Crippen LogP contribution in [0.2, 0.25) is 0 Å². The van der Waals surface area contributed by atoms with Gasteiger partial charge in [0.25, 0.3) is 0 Å². The Morgan fingerprint density at radius 1 is 1.20 bits per heavy atom. The summed E-state index contributed by atoms with van der Waals surface area (Å²) in [6.07, 6.45) is 3.66. The molecule has 0 aliphatic rings. The fourth-order valence-electron chi connectivity index (χ4n) is 1.74. The van der Waals surface area contributed by atoms with Gasteiger partial charge in [-0.1, -0.05) is 46.3 Å². The van der Waals surface area contributed by atoms with Gasteiger partial charge in [-0.25, -0.2) is 0 Å². The van der Waals surface area contributed by atoms with Crippen LogP contribution in [0.1, 0.15) is 53.4 Å². The van der Waals surface area contributed by atoms with Gasteiger partial charge in [0.05, 0.1) is 4.99 Å². The maximum absolute atomic E-state index is 12.3. The van der Waals surface area contributed by atoms with Crippen LogP contribution in [0.5, 0.6) is 0 Å². The lowest BCUT2D eigenvalue weighted by molar-refractivity contribution is -0.139. The number of hydrogen-bond acceptors (Lipinski definition) is 3. The van der Waals surface area contributed by atoms with Crippen molar-refractivity contribution in [1.29, 1.82) is 0 Å². The van der Waals surface area contributed by atoms with E-state index in [0.29, 0.717) is 31.1 Å². The molecular formula is C15H30N2O2S. The molecule has 0 aromatic heterocycles. The molecule has 118 valence electrons. The van der Waals surface area contributed by atoms with E-state index in [-0.39, 0.29) is 11.3 Å². The number of nitrogens with zero attached hydrogens (tertiary/aromatic N) is 1. The predicted molar refractivity (Wildman–Crippen MR) is 87.8 cm³/mol. The van der Waals surface area contributed by atoms with Gasteiger partial charge >= 0.3 is 0 Å². The Morgan fingerprint density at radius 2 is 1.80 bits per heavy atom. The lowest BCUT2D eigenvalue weighted by Gasteiger charge is -2.29. The minimum absolute atomic E-state index is 0.141. The SMILES string of the molecule is CCCCOCCCN(CCC(N)=S)C(=O)C(C)(C)C. The minimum atomic E-state index is -0.376. The van der Waals surface area contributed by atoms with Gasteiger partial charge in [-0.2, -0.15) is 0 Å². The van der Waals surface area contributed by atoms with E-state index in [9.17, 15) is 4.79 Å². The van der Waals surface area contributed by atoms with Crippen LogP contribution in [0.25, 0.3) is 0 Å². The number of thiocarbonyl (C=S) groups is 1. The molecule has 0 radical (unpaired) electrons. The molecule has 0 spiro atoms. The first-order valence-corrected chi connectivity index (χ1v) is 7.85. The minimum Gasteiger partial charge on any atom is -0.393 e. The standard InChI is InChI=1S/C15H30N2O2S/c1-5-6-11-19-12-7-9-17(10-8-13(16)20)14(18)15(2,3)4/h5-12H2,1-4H3,(H2,16,20). The molecule has 1 amide bonds. The largest absolute Gasteiger partial charge is 0.393 e. The van der Waals surface area contributed by atoms with Gasteiger partial charge in [-0.15, -0.1) is 0 Å². The second kappa shape index (κ2) is 10.1. The molecule has 4 nitrogen and oxygen atoms in total. The molecule has 0 saturated heterocycles. The number of amides is 1. The Morgan fingerprint density at radius 3 is 2.30 bits per heavy atom. The molecule has 0 rings (SSSR count). The van der Waals surface area contributed by atoms with Gasteiger partial charge in [0.15, 0.2) is 0 Å². The van der Waals surface area contributed by atoms with Crippen molar-refractivity contribution in [3.63, 3.8) is 0 Å². The lowest BCUT2D eigenvalue weighted by Crippen LogP contribution is -2.41. The predicted octanol–water partition coefficient (Wildman–Crippen LogP) is 2.74.